The predicted molar refractivity (Wildman–Crippen MR) is 108 cm³/mol. The number of aromatic nitrogens is 2. The summed E-state index contributed by atoms with van der Waals surface area (Å²) in [6.45, 7) is 2.78. The fourth-order valence-electron chi connectivity index (χ4n) is 4.67. The smallest absolute Gasteiger partial charge is 0.255 e. The average molecular weight is 402 g/mol. The third kappa shape index (κ3) is 3.58. The van der Waals surface area contributed by atoms with Gasteiger partial charge in [0.25, 0.3) is 5.91 Å². The first-order chi connectivity index (χ1) is 13.6. The normalized spacial score (nSPS) is 25.3. The summed E-state index contributed by atoms with van der Waals surface area (Å²) in [6.07, 6.45) is 6.86. The Labute approximate surface area is 169 Å². The molecular formula is C20H27N5O2S. The summed E-state index contributed by atoms with van der Waals surface area (Å²) in [7, 11) is 2.07. The molecule has 0 bridgehead atoms. The highest BCUT2D eigenvalue weighted by atomic mass is 32.1. The second-order valence-corrected chi connectivity index (χ2v) is 8.56. The number of carbonyl (C=O) groups is 2. The Kier molecular flexibility index (Phi) is 5.50. The molecule has 4 heterocycles. The standard InChI is InChI=1S/C20H27N5O2S/c1-24-9-2-5-20(19(27)22-8-4-16-13-28-14-23-16)6-10-25(12-17(20)24)18(26)15-3-7-21-11-15/h3,7,11,13-14,17,21H,2,4-6,8-10,12H2,1H3,(H,22,27)/t17-,20+/m0/s1. The number of amides is 2. The number of nitrogens with one attached hydrogen (secondary N) is 2. The van der Waals surface area contributed by atoms with Crippen molar-refractivity contribution in [3.63, 3.8) is 0 Å². The van der Waals surface area contributed by atoms with Crippen molar-refractivity contribution in [3.8, 4) is 0 Å². The molecule has 2 aromatic rings. The van der Waals surface area contributed by atoms with Gasteiger partial charge in [-0.05, 0) is 38.9 Å². The van der Waals surface area contributed by atoms with E-state index in [0.717, 1.165) is 31.5 Å². The van der Waals surface area contributed by atoms with Crippen LogP contribution in [-0.4, -0.2) is 70.9 Å². The number of thiazole rings is 1. The lowest BCUT2D eigenvalue weighted by Gasteiger charge is -2.53. The first-order valence-corrected chi connectivity index (χ1v) is 10.8. The van der Waals surface area contributed by atoms with E-state index in [9.17, 15) is 9.59 Å². The number of rotatable bonds is 5. The van der Waals surface area contributed by atoms with E-state index in [1.54, 1.807) is 29.8 Å². The van der Waals surface area contributed by atoms with Gasteiger partial charge in [-0.25, -0.2) is 4.98 Å². The lowest BCUT2D eigenvalue weighted by atomic mass is 9.67. The Morgan fingerprint density at radius 1 is 1.39 bits per heavy atom. The summed E-state index contributed by atoms with van der Waals surface area (Å²) in [6, 6.07) is 1.86. The van der Waals surface area contributed by atoms with Crippen LogP contribution in [0.25, 0.3) is 0 Å². The third-order valence-corrected chi connectivity index (χ3v) is 6.89. The Bertz CT molecular complexity index is 807. The van der Waals surface area contributed by atoms with Crippen LogP contribution in [0.2, 0.25) is 0 Å². The number of aromatic amines is 1. The maximum Gasteiger partial charge on any atom is 0.255 e. The number of likely N-dealkylation sites (tertiary alicyclic amines) is 2. The van der Waals surface area contributed by atoms with E-state index in [0.29, 0.717) is 31.6 Å². The summed E-state index contributed by atoms with van der Waals surface area (Å²) in [5, 5.41) is 5.18. The van der Waals surface area contributed by atoms with Crippen molar-refractivity contribution in [2.24, 2.45) is 5.41 Å². The van der Waals surface area contributed by atoms with Gasteiger partial charge in [-0.2, -0.15) is 0 Å². The second-order valence-electron chi connectivity index (χ2n) is 7.84. The molecule has 2 saturated heterocycles. The van der Waals surface area contributed by atoms with E-state index >= 15 is 0 Å². The number of nitrogens with zero attached hydrogens (tertiary/aromatic N) is 3. The number of carbonyl (C=O) groups excluding carboxylic acids is 2. The summed E-state index contributed by atoms with van der Waals surface area (Å²) < 4.78 is 0. The van der Waals surface area contributed by atoms with Crippen molar-refractivity contribution < 1.29 is 9.59 Å². The molecule has 0 saturated carbocycles. The number of hydrogen-bond donors (Lipinski definition) is 2. The van der Waals surface area contributed by atoms with Crippen molar-refractivity contribution in [1.29, 1.82) is 0 Å². The topological polar surface area (TPSA) is 81.3 Å². The minimum absolute atomic E-state index is 0.0396. The molecule has 7 nitrogen and oxygen atoms in total. The molecule has 2 atom stereocenters. The molecule has 2 aliphatic rings. The van der Waals surface area contributed by atoms with Crippen LogP contribution >= 0.6 is 11.3 Å². The molecule has 2 aliphatic heterocycles. The maximum absolute atomic E-state index is 13.3. The zero-order chi connectivity index (χ0) is 19.6. The first-order valence-electron chi connectivity index (χ1n) is 9.88. The van der Waals surface area contributed by atoms with Gasteiger partial charge in [-0.3, -0.25) is 9.59 Å². The van der Waals surface area contributed by atoms with Crippen LogP contribution in [0.1, 0.15) is 35.3 Å². The molecule has 150 valence electrons. The molecule has 4 rings (SSSR count). The van der Waals surface area contributed by atoms with Crippen LogP contribution < -0.4 is 5.32 Å². The minimum Gasteiger partial charge on any atom is -0.367 e. The van der Waals surface area contributed by atoms with Gasteiger partial charge in [0.05, 0.1) is 22.2 Å². The molecular weight excluding hydrogens is 374 g/mol. The van der Waals surface area contributed by atoms with E-state index in [4.69, 9.17) is 0 Å². The van der Waals surface area contributed by atoms with Crippen molar-refractivity contribution in [2.45, 2.75) is 31.7 Å². The lowest BCUT2D eigenvalue weighted by Crippen LogP contribution is -2.65. The maximum atomic E-state index is 13.3. The quantitative estimate of drug-likeness (QED) is 0.800. The fourth-order valence-corrected chi connectivity index (χ4v) is 5.26. The Morgan fingerprint density at radius 3 is 3.04 bits per heavy atom. The van der Waals surface area contributed by atoms with Crippen LogP contribution in [0.5, 0.6) is 0 Å². The summed E-state index contributed by atoms with van der Waals surface area (Å²) in [5.41, 5.74) is 3.11. The summed E-state index contributed by atoms with van der Waals surface area (Å²) >= 11 is 1.58. The SMILES string of the molecule is CN1CCC[C@@]2(C(=O)NCCc3cscn3)CCN(C(=O)c3cc[nH]c3)C[C@H]12. The van der Waals surface area contributed by atoms with Gasteiger partial charge in [0, 0.05) is 49.9 Å². The van der Waals surface area contributed by atoms with Gasteiger partial charge < -0.3 is 20.1 Å². The highest BCUT2D eigenvalue weighted by Gasteiger charge is 2.52. The van der Waals surface area contributed by atoms with Gasteiger partial charge in [0.1, 0.15) is 0 Å². The largest absolute Gasteiger partial charge is 0.367 e. The molecule has 2 aromatic heterocycles. The zero-order valence-corrected chi connectivity index (χ0v) is 17.0. The van der Waals surface area contributed by atoms with E-state index in [-0.39, 0.29) is 17.9 Å². The molecule has 0 aromatic carbocycles. The van der Waals surface area contributed by atoms with Crippen molar-refractivity contribution in [2.75, 3.05) is 33.2 Å². The van der Waals surface area contributed by atoms with Crippen molar-refractivity contribution in [3.05, 3.63) is 40.6 Å². The average Bonchev–Trinajstić information content (AvgIpc) is 3.41. The number of likely N-dealkylation sites (N-methyl/N-ethyl adjacent to an activating group) is 1. The summed E-state index contributed by atoms with van der Waals surface area (Å²) in [5.74, 6) is 0.172. The Morgan fingerprint density at radius 2 is 2.29 bits per heavy atom. The second kappa shape index (κ2) is 8.05. The molecule has 8 heteroatoms. The molecule has 2 fully saturated rings. The zero-order valence-electron chi connectivity index (χ0n) is 16.2. The molecule has 0 spiro atoms. The fraction of sp³-hybridized carbons (Fsp3) is 0.550. The highest BCUT2D eigenvalue weighted by molar-refractivity contribution is 7.07. The van der Waals surface area contributed by atoms with Crippen LogP contribution in [0.4, 0.5) is 0 Å². The number of fused-ring (bicyclic) bond motifs is 1. The first kappa shape index (κ1) is 19.1. The van der Waals surface area contributed by atoms with Crippen molar-refractivity contribution in [1.82, 2.24) is 25.1 Å². The van der Waals surface area contributed by atoms with Gasteiger partial charge >= 0.3 is 0 Å². The van der Waals surface area contributed by atoms with Gasteiger partial charge in [-0.15, -0.1) is 11.3 Å². The molecule has 0 aliphatic carbocycles. The Balaban J connectivity index is 1.45. The predicted octanol–water partition coefficient (Wildman–Crippen LogP) is 1.76. The monoisotopic (exact) mass is 401 g/mol. The molecule has 0 unspecified atom stereocenters. The highest BCUT2D eigenvalue weighted by Crippen LogP contribution is 2.42. The van der Waals surface area contributed by atoms with Gasteiger partial charge in [-0.1, -0.05) is 0 Å². The van der Waals surface area contributed by atoms with E-state index in [2.05, 4.69) is 27.2 Å². The molecule has 28 heavy (non-hydrogen) atoms. The van der Waals surface area contributed by atoms with Crippen LogP contribution in [-0.2, 0) is 11.2 Å². The number of H-pyrrole nitrogens is 1. The van der Waals surface area contributed by atoms with E-state index < -0.39 is 5.41 Å². The van der Waals surface area contributed by atoms with Gasteiger partial charge in [0.15, 0.2) is 0 Å². The van der Waals surface area contributed by atoms with Crippen LogP contribution in [0.15, 0.2) is 29.4 Å². The van der Waals surface area contributed by atoms with E-state index in [1.807, 2.05) is 15.8 Å². The van der Waals surface area contributed by atoms with Crippen molar-refractivity contribution >= 4 is 23.2 Å². The molecule has 2 N–H and O–H groups in total. The summed E-state index contributed by atoms with van der Waals surface area (Å²) in [4.78, 5) is 37.5. The van der Waals surface area contributed by atoms with Crippen LogP contribution in [0, 0.1) is 5.41 Å². The lowest BCUT2D eigenvalue weighted by molar-refractivity contribution is -0.143. The Hall–Kier alpha value is -2.19. The van der Waals surface area contributed by atoms with E-state index in [1.165, 1.54) is 0 Å². The van der Waals surface area contributed by atoms with Crippen LogP contribution in [0.3, 0.4) is 0 Å². The molecule has 0 radical (unpaired) electrons. The third-order valence-electron chi connectivity index (χ3n) is 6.26. The van der Waals surface area contributed by atoms with Gasteiger partial charge in [0.2, 0.25) is 5.91 Å². The molecule has 2 amide bonds. The number of hydrogen-bond acceptors (Lipinski definition) is 5. The minimum atomic E-state index is -0.413. The number of piperidine rings is 2.